The lowest BCUT2D eigenvalue weighted by molar-refractivity contribution is 0.666. The Morgan fingerprint density at radius 1 is 1.64 bits per heavy atom. The molecule has 0 saturated carbocycles. The zero-order valence-electron chi connectivity index (χ0n) is 6.93. The molecule has 0 aliphatic carbocycles. The summed E-state index contributed by atoms with van der Waals surface area (Å²) in [6.07, 6.45) is 5.97. The highest BCUT2D eigenvalue weighted by atomic mass is 15.0. The Labute approximate surface area is 67.7 Å². The first-order chi connectivity index (χ1) is 5.38. The van der Waals surface area contributed by atoms with Gasteiger partial charge in [-0.25, -0.2) is 4.99 Å². The monoisotopic (exact) mass is 150 g/mol. The second-order valence-corrected chi connectivity index (χ2v) is 2.50. The molecule has 0 amide bonds. The van der Waals surface area contributed by atoms with Crippen molar-refractivity contribution in [3.63, 3.8) is 0 Å². The molecular weight excluding hydrogens is 136 g/mol. The molecule has 0 fully saturated rings. The van der Waals surface area contributed by atoms with Crippen molar-refractivity contribution in [2.24, 2.45) is 4.99 Å². The summed E-state index contributed by atoms with van der Waals surface area (Å²) in [6, 6.07) is 0. The van der Waals surface area contributed by atoms with Crippen LogP contribution in [0.2, 0.25) is 0 Å². The molecule has 11 heavy (non-hydrogen) atoms. The Bertz CT molecular complexity index is 202. The van der Waals surface area contributed by atoms with Crippen molar-refractivity contribution in [2.45, 2.75) is 19.8 Å². The zero-order valence-corrected chi connectivity index (χ0v) is 6.93. The van der Waals surface area contributed by atoms with Crippen LogP contribution in [0.15, 0.2) is 29.0 Å². The van der Waals surface area contributed by atoms with Crippen LogP contribution in [0, 0.1) is 0 Å². The van der Waals surface area contributed by atoms with Gasteiger partial charge in [-0.1, -0.05) is 12.7 Å². The smallest absolute Gasteiger partial charge is 0.128 e. The van der Waals surface area contributed by atoms with Crippen LogP contribution >= 0.6 is 0 Å². The van der Waals surface area contributed by atoms with E-state index < -0.39 is 0 Å². The van der Waals surface area contributed by atoms with Crippen LogP contribution in [0.25, 0.3) is 0 Å². The van der Waals surface area contributed by atoms with Crippen LogP contribution < -0.4 is 5.32 Å². The summed E-state index contributed by atoms with van der Waals surface area (Å²) in [4.78, 5) is 4.21. The van der Waals surface area contributed by atoms with Gasteiger partial charge in [0, 0.05) is 12.8 Å². The van der Waals surface area contributed by atoms with E-state index in [9.17, 15) is 0 Å². The first-order valence-corrected chi connectivity index (χ1v) is 3.96. The van der Waals surface area contributed by atoms with E-state index in [0.29, 0.717) is 0 Å². The normalized spacial score (nSPS) is 18.6. The average molecular weight is 150 g/mol. The second kappa shape index (κ2) is 3.96. The van der Waals surface area contributed by atoms with E-state index in [0.717, 1.165) is 18.8 Å². The number of aliphatic imine (C=N–C) groups is 1. The van der Waals surface area contributed by atoms with Gasteiger partial charge in [0.05, 0.1) is 0 Å². The van der Waals surface area contributed by atoms with Crippen molar-refractivity contribution >= 4 is 6.21 Å². The number of allylic oxidation sites excluding steroid dienone is 2. The lowest BCUT2D eigenvalue weighted by atomic mass is 10.1. The molecule has 0 bridgehead atoms. The van der Waals surface area contributed by atoms with Gasteiger partial charge in [-0.05, 0) is 25.3 Å². The third kappa shape index (κ3) is 1.93. The largest absolute Gasteiger partial charge is 0.370 e. The van der Waals surface area contributed by atoms with E-state index in [-0.39, 0.29) is 0 Å². The molecule has 2 heteroatoms. The lowest BCUT2D eigenvalue weighted by Gasteiger charge is -2.16. The van der Waals surface area contributed by atoms with Crippen LogP contribution in [-0.4, -0.2) is 12.8 Å². The van der Waals surface area contributed by atoms with Crippen LogP contribution in [0.5, 0.6) is 0 Å². The van der Waals surface area contributed by atoms with E-state index in [1.54, 1.807) is 6.21 Å². The molecule has 1 heterocycles. The molecule has 0 spiro atoms. The number of nitrogens with one attached hydrogen (secondary N) is 1. The van der Waals surface area contributed by atoms with Gasteiger partial charge in [0.2, 0.25) is 0 Å². The molecule has 0 unspecified atom stereocenters. The number of hydrogen-bond acceptors (Lipinski definition) is 2. The minimum absolute atomic E-state index is 0.994. The standard InChI is InChI=1S/C9H14N2/c1-3-8-6-5-7-11-9(8)10-4-2/h3-4,11H,1,5-7H2,2H3/b10-4-. The van der Waals surface area contributed by atoms with Crippen molar-refractivity contribution in [3.05, 3.63) is 24.0 Å². The van der Waals surface area contributed by atoms with Gasteiger partial charge < -0.3 is 5.32 Å². The average Bonchev–Trinajstić information content (AvgIpc) is 2.06. The Kier molecular flexibility index (Phi) is 2.90. The molecule has 1 aliphatic heterocycles. The maximum Gasteiger partial charge on any atom is 0.128 e. The molecule has 60 valence electrons. The summed E-state index contributed by atoms with van der Waals surface area (Å²) in [5.74, 6) is 0.994. The van der Waals surface area contributed by atoms with Gasteiger partial charge >= 0.3 is 0 Å². The topological polar surface area (TPSA) is 24.4 Å². The molecule has 1 aliphatic rings. The molecular formula is C9H14N2. The van der Waals surface area contributed by atoms with Crippen molar-refractivity contribution in [2.75, 3.05) is 6.54 Å². The maximum absolute atomic E-state index is 4.21. The van der Waals surface area contributed by atoms with E-state index in [4.69, 9.17) is 0 Å². The van der Waals surface area contributed by atoms with E-state index in [1.165, 1.54) is 12.0 Å². The summed E-state index contributed by atoms with van der Waals surface area (Å²) in [6.45, 7) is 6.70. The van der Waals surface area contributed by atoms with Gasteiger partial charge in [0.1, 0.15) is 5.82 Å². The molecule has 0 aromatic rings. The summed E-state index contributed by atoms with van der Waals surface area (Å²) in [5.41, 5.74) is 1.23. The minimum atomic E-state index is 0.994. The molecule has 0 aromatic heterocycles. The highest BCUT2D eigenvalue weighted by molar-refractivity contribution is 5.55. The van der Waals surface area contributed by atoms with Crippen molar-refractivity contribution in [1.82, 2.24) is 5.32 Å². The van der Waals surface area contributed by atoms with Gasteiger partial charge in [-0.3, -0.25) is 0 Å². The van der Waals surface area contributed by atoms with Gasteiger partial charge in [0.25, 0.3) is 0 Å². The molecule has 0 aromatic carbocycles. The summed E-state index contributed by atoms with van der Waals surface area (Å²) in [5, 5.41) is 3.23. The van der Waals surface area contributed by atoms with Crippen molar-refractivity contribution in [3.8, 4) is 0 Å². The predicted octanol–water partition coefficient (Wildman–Crippen LogP) is 1.86. The Hall–Kier alpha value is -1.05. The number of nitrogens with zero attached hydrogens (tertiary/aromatic N) is 1. The van der Waals surface area contributed by atoms with E-state index >= 15 is 0 Å². The Balaban J connectivity index is 2.81. The highest BCUT2D eigenvalue weighted by Gasteiger charge is 2.06. The summed E-state index contributed by atoms with van der Waals surface area (Å²) in [7, 11) is 0. The molecule has 1 N–H and O–H groups in total. The van der Waals surface area contributed by atoms with E-state index in [1.807, 2.05) is 13.0 Å². The van der Waals surface area contributed by atoms with Gasteiger partial charge in [-0.2, -0.15) is 0 Å². The molecule has 0 radical (unpaired) electrons. The quantitative estimate of drug-likeness (QED) is 0.597. The Morgan fingerprint density at radius 2 is 2.45 bits per heavy atom. The molecule has 0 atom stereocenters. The van der Waals surface area contributed by atoms with Crippen LogP contribution in [0.1, 0.15) is 19.8 Å². The Morgan fingerprint density at radius 3 is 3.09 bits per heavy atom. The molecule has 0 saturated heterocycles. The first kappa shape index (κ1) is 8.05. The van der Waals surface area contributed by atoms with Crippen molar-refractivity contribution in [1.29, 1.82) is 0 Å². The number of hydrogen-bond donors (Lipinski definition) is 1. The lowest BCUT2D eigenvalue weighted by Crippen LogP contribution is -2.19. The third-order valence-electron chi connectivity index (χ3n) is 1.72. The number of rotatable bonds is 2. The fraction of sp³-hybridized carbons (Fsp3) is 0.444. The second-order valence-electron chi connectivity index (χ2n) is 2.50. The van der Waals surface area contributed by atoms with Crippen LogP contribution in [0.4, 0.5) is 0 Å². The molecule has 1 rings (SSSR count). The molecule has 2 nitrogen and oxygen atoms in total. The fourth-order valence-corrected chi connectivity index (χ4v) is 1.17. The summed E-state index contributed by atoms with van der Waals surface area (Å²) >= 11 is 0. The van der Waals surface area contributed by atoms with Crippen molar-refractivity contribution < 1.29 is 0 Å². The first-order valence-electron chi connectivity index (χ1n) is 3.96. The zero-order chi connectivity index (χ0) is 8.10. The van der Waals surface area contributed by atoms with Gasteiger partial charge in [0.15, 0.2) is 0 Å². The highest BCUT2D eigenvalue weighted by Crippen LogP contribution is 2.15. The predicted molar refractivity (Wildman–Crippen MR) is 48.6 cm³/mol. The minimum Gasteiger partial charge on any atom is -0.370 e. The van der Waals surface area contributed by atoms with Crippen LogP contribution in [-0.2, 0) is 0 Å². The third-order valence-corrected chi connectivity index (χ3v) is 1.72. The van der Waals surface area contributed by atoms with Crippen LogP contribution in [0.3, 0.4) is 0 Å². The van der Waals surface area contributed by atoms with E-state index in [2.05, 4.69) is 16.9 Å². The summed E-state index contributed by atoms with van der Waals surface area (Å²) < 4.78 is 0. The maximum atomic E-state index is 4.21. The SMILES string of the molecule is C=CC1=C(/N=C\C)NCCC1. The fourth-order valence-electron chi connectivity index (χ4n) is 1.17. The van der Waals surface area contributed by atoms with Gasteiger partial charge in [-0.15, -0.1) is 0 Å².